The maximum absolute atomic E-state index is 11.7. The van der Waals surface area contributed by atoms with E-state index in [9.17, 15) is 4.79 Å². The second kappa shape index (κ2) is 11.5. The zero-order valence-electron chi connectivity index (χ0n) is 22.4. The second-order valence-corrected chi connectivity index (χ2v) is 10.1. The Morgan fingerprint density at radius 3 is 2.46 bits per heavy atom. The SMILES string of the molecule is N#Cc1nccc(NC2CCN(Cc3ccc(-c4nc5cc(C(N)=O)cnc5cc4-c4ccccc4)cc3)CC2)n1. The van der Waals surface area contributed by atoms with Crippen LogP contribution in [0.25, 0.3) is 33.4 Å². The summed E-state index contributed by atoms with van der Waals surface area (Å²) >= 11 is 0. The number of fused-ring (bicyclic) bond motifs is 1. The summed E-state index contributed by atoms with van der Waals surface area (Å²) < 4.78 is 0. The summed E-state index contributed by atoms with van der Waals surface area (Å²) in [5.74, 6) is 0.350. The first-order valence-corrected chi connectivity index (χ1v) is 13.5. The van der Waals surface area contributed by atoms with E-state index in [4.69, 9.17) is 16.0 Å². The molecule has 4 heterocycles. The molecule has 41 heavy (non-hydrogen) atoms. The molecule has 6 rings (SSSR count). The van der Waals surface area contributed by atoms with E-state index in [-0.39, 0.29) is 5.82 Å². The number of benzene rings is 2. The number of nitriles is 1. The summed E-state index contributed by atoms with van der Waals surface area (Å²) in [4.78, 5) is 31.8. The second-order valence-electron chi connectivity index (χ2n) is 10.1. The molecule has 0 radical (unpaired) electrons. The first-order chi connectivity index (χ1) is 20.1. The minimum Gasteiger partial charge on any atom is -0.367 e. The minimum absolute atomic E-state index is 0.178. The van der Waals surface area contributed by atoms with Gasteiger partial charge in [-0.2, -0.15) is 5.26 Å². The van der Waals surface area contributed by atoms with Gasteiger partial charge in [0.1, 0.15) is 11.9 Å². The molecule has 0 spiro atoms. The monoisotopic (exact) mass is 540 g/mol. The number of nitrogens with one attached hydrogen (secondary N) is 1. The predicted molar refractivity (Wildman–Crippen MR) is 158 cm³/mol. The van der Waals surface area contributed by atoms with Gasteiger partial charge in [-0.1, -0.05) is 54.6 Å². The zero-order chi connectivity index (χ0) is 28.2. The molecule has 0 atom stereocenters. The molecule has 0 saturated carbocycles. The van der Waals surface area contributed by atoms with E-state index < -0.39 is 5.91 Å². The van der Waals surface area contributed by atoms with Gasteiger partial charge >= 0.3 is 0 Å². The lowest BCUT2D eigenvalue weighted by atomic mass is 9.97. The van der Waals surface area contributed by atoms with Crippen molar-refractivity contribution in [3.63, 3.8) is 0 Å². The molecule has 0 bridgehead atoms. The van der Waals surface area contributed by atoms with Crippen LogP contribution in [0.1, 0.15) is 34.6 Å². The van der Waals surface area contributed by atoms with E-state index in [1.54, 1.807) is 18.3 Å². The number of carbonyl (C=O) groups excluding carboxylic acids is 1. The Labute approximate surface area is 237 Å². The Bertz CT molecular complexity index is 1740. The van der Waals surface area contributed by atoms with Crippen molar-refractivity contribution in [2.24, 2.45) is 5.73 Å². The van der Waals surface area contributed by atoms with Gasteiger partial charge in [0.25, 0.3) is 0 Å². The summed E-state index contributed by atoms with van der Waals surface area (Å²) in [5, 5.41) is 12.5. The lowest BCUT2D eigenvalue weighted by molar-refractivity contribution is 0.1000. The van der Waals surface area contributed by atoms with Crippen LogP contribution in [-0.2, 0) is 6.54 Å². The molecular weight excluding hydrogens is 512 g/mol. The van der Waals surface area contributed by atoms with Gasteiger partial charge < -0.3 is 11.1 Å². The van der Waals surface area contributed by atoms with Gasteiger partial charge in [-0.15, -0.1) is 0 Å². The molecule has 1 saturated heterocycles. The lowest BCUT2D eigenvalue weighted by Crippen LogP contribution is -2.38. The van der Waals surface area contributed by atoms with Crippen molar-refractivity contribution in [3.05, 3.63) is 102 Å². The van der Waals surface area contributed by atoms with Crippen LogP contribution < -0.4 is 11.1 Å². The maximum Gasteiger partial charge on any atom is 0.250 e. The van der Waals surface area contributed by atoms with Crippen LogP contribution in [0.5, 0.6) is 0 Å². The van der Waals surface area contributed by atoms with Gasteiger partial charge in [0, 0.05) is 49.2 Å². The average molecular weight is 541 g/mol. The molecule has 0 aliphatic carbocycles. The normalized spacial score (nSPS) is 14.0. The summed E-state index contributed by atoms with van der Waals surface area (Å²) in [5.41, 5.74) is 12.2. The van der Waals surface area contributed by atoms with Crippen LogP contribution in [0.2, 0.25) is 0 Å². The molecule has 1 aliphatic heterocycles. The Kier molecular flexibility index (Phi) is 7.30. The minimum atomic E-state index is -0.527. The van der Waals surface area contributed by atoms with Crippen LogP contribution in [0.15, 0.2) is 85.2 Å². The van der Waals surface area contributed by atoms with Crippen molar-refractivity contribution in [1.82, 2.24) is 24.8 Å². The number of pyridine rings is 2. The Hall–Kier alpha value is -5.20. The molecule has 1 aliphatic rings. The van der Waals surface area contributed by atoms with E-state index in [0.29, 0.717) is 28.5 Å². The van der Waals surface area contributed by atoms with Crippen LogP contribution in [0, 0.1) is 11.3 Å². The molecule has 3 N–H and O–H groups in total. The summed E-state index contributed by atoms with van der Waals surface area (Å²) in [6.07, 6.45) is 5.09. The molecule has 202 valence electrons. The van der Waals surface area contributed by atoms with Gasteiger partial charge in [0.2, 0.25) is 11.7 Å². The first kappa shape index (κ1) is 26.0. The number of aromatic nitrogens is 4. The number of hydrogen-bond acceptors (Lipinski definition) is 8. The highest BCUT2D eigenvalue weighted by Crippen LogP contribution is 2.33. The van der Waals surface area contributed by atoms with E-state index in [1.807, 2.05) is 30.3 Å². The largest absolute Gasteiger partial charge is 0.367 e. The molecule has 2 aromatic carbocycles. The number of amides is 1. The Morgan fingerprint density at radius 1 is 0.951 bits per heavy atom. The standard InChI is InChI=1S/C32H28N8O/c33-18-30-35-13-10-29(39-30)37-25-11-14-40(15-12-25)20-21-6-8-23(9-7-21)31-26(22-4-2-1-3-5-22)17-27-28(38-31)16-24(19-36-27)32(34)41/h1-10,13,16-17,19,25H,11-12,14-15,20H2,(H2,34,41)(H,35,37,39). The van der Waals surface area contributed by atoms with Gasteiger partial charge in [0.15, 0.2) is 0 Å². The number of anilines is 1. The summed E-state index contributed by atoms with van der Waals surface area (Å²) in [6, 6.07) is 26.5. The van der Waals surface area contributed by atoms with Crippen molar-refractivity contribution in [3.8, 4) is 28.5 Å². The van der Waals surface area contributed by atoms with Gasteiger partial charge in [0.05, 0.1) is 22.3 Å². The van der Waals surface area contributed by atoms with E-state index >= 15 is 0 Å². The zero-order valence-corrected chi connectivity index (χ0v) is 22.4. The molecule has 0 unspecified atom stereocenters. The number of nitrogens with zero attached hydrogens (tertiary/aromatic N) is 6. The van der Waals surface area contributed by atoms with Crippen molar-refractivity contribution in [2.45, 2.75) is 25.4 Å². The van der Waals surface area contributed by atoms with Gasteiger partial charge in [-0.25, -0.2) is 15.0 Å². The fourth-order valence-electron chi connectivity index (χ4n) is 5.21. The Morgan fingerprint density at radius 2 is 1.73 bits per heavy atom. The van der Waals surface area contributed by atoms with Crippen LogP contribution in [-0.4, -0.2) is 49.9 Å². The summed E-state index contributed by atoms with van der Waals surface area (Å²) in [6.45, 7) is 2.80. The number of likely N-dealkylation sites (tertiary alicyclic amines) is 1. The first-order valence-electron chi connectivity index (χ1n) is 13.5. The quantitative estimate of drug-likeness (QED) is 0.301. The highest BCUT2D eigenvalue weighted by molar-refractivity contribution is 5.97. The third-order valence-electron chi connectivity index (χ3n) is 7.36. The van der Waals surface area contributed by atoms with Crippen molar-refractivity contribution < 1.29 is 4.79 Å². The molecular formula is C32H28N8O. The van der Waals surface area contributed by atoms with Crippen molar-refractivity contribution >= 4 is 22.8 Å². The van der Waals surface area contributed by atoms with Crippen LogP contribution in [0.3, 0.4) is 0 Å². The van der Waals surface area contributed by atoms with Gasteiger partial charge in [-0.05, 0) is 42.2 Å². The van der Waals surface area contributed by atoms with Gasteiger partial charge in [-0.3, -0.25) is 14.7 Å². The van der Waals surface area contributed by atoms with E-state index in [0.717, 1.165) is 54.9 Å². The smallest absolute Gasteiger partial charge is 0.250 e. The number of hydrogen-bond donors (Lipinski definition) is 2. The molecule has 3 aromatic heterocycles. The fraction of sp³-hybridized carbons (Fsp3) is 0.188. The maximum atomic E-state index is 11.7. The average Bonchev–Trinajstić information content (AvgIpc) is 3.02. The van der Waals surface area contributed by atoms with Crippen LogP contribution >= 0.6 is 0 Å². The molecule has 9 heteroatoms. The highest BCUT2D eigenvalue weighted by Gasteiger charge is 2.20. The van der Waals surface area contributed by atoms with Crippen molar-refractivity contribution in [1.29, 1.82) is 5.26 Å². The fourth-order valence-corrected chi connectivity index (χ4v) is 5.21. The third kappa shape index (κ3) is 5.88. The lowest BCUT2D eigenvalue weighted by Gasteiger charge is -2.32. The molecule has 1 amide bonds. The number of carbonyl (C=O) groups is 1. The summed E-state index contributed by atoms with van der Waals surface area (Å²) in [7, 11) is 0. The predicted octanol–water partition coefficient (Wildman–Crippen LogP) is 4.80. The topological polar surface area (TPSA) is 134 Å². The number of nitrogens with two attached hydrogens (primary N) is 1. The van der Waals surface area contributed by atoms with E-state index in [2.05, 4.69) is 61.6 Å². The highest BCUT2D eigenvalue weighted by atomic mass is 16.1. The number of piperidine rings is 1. The number of primary amides is 1. The molecule has 9 nitrogen and oxygen atoms in total. The number of rotatable bonds is 7. The molecule has 5 aromatic rings. The molecule has 1 fully saturated rings. The van der Waals surface area contributed by atoms with Crippen molar-refractivity contribution in [2.75, 3.05) is 18.4 Å². The van der Waals surface area contributed by atoms with E-state index in [1.165, 1.54) is 11.8 Å². The third-order valence-corrected chi connectivity index (χ3v) is 7.36. The van der Waals surface area contributed by atoms with Crippen LogP contribution in [0.4, 0.5) is 5.82 Å². The Balaban J connectivity index is 1.18.